The highest BCUT2D eigenvalue weighted by Gasteiger charge is 2.15. The number of fused-ring (bicyclic) bond motifs is 1. The van der Waals surface area contributed by atoms with Crippen molar-refractivity contribution in [3.8, 4) is 0 Å². The van der Waals surface area contributed by atoms with Crippen molar-refractivity contribution in [1.82, 2.24) is 14.9 Å². The molecule has 0 saturated carbocycles. The summed E-state index contributed by atoms with van der Waals surface area (Å²) in [5.41, 5.74) is 4.56. The third-order valence-corrected chi connectivity index (χ3v) is 3.44. The van der Waals surface area contributed by atoms with Gasteiger partial charge >= 0.3 is 0 Å². The van der Waals surface area contributed by atoms with Gasteiger partial charge in [-0.05, 0) is 5.56 Å². The van der Waals surface area contributed by atoms with E-state index in [-0.39, 0.29) is 0 Å². The van der Waals surface area contributed by atoms with Gasteiger partial charge in [0.1, 0.15) is 0 Å². The van der Waals surface area contributed by atoms with Crippen LogP contribution in [0.3, 0.4) is 0 Å². The molecule has 0 unspecified atom stereocenters. The minimum absolute atomic E-state index is 0.821. The Balaban J connectivity index is 1.88. The molecule has 0 atom stereocenters. The van der Waals surface area contributed by atoms with Crippen LogP contribution in [0.25, 0.3) is 0 Å². The summed E-state index contributed by atoms with van der Waals surface area (Å²) in [6.45, 7) is 0.970. The number of thioether (sulfide) groups is 1. The molecule has 1 aromatic carbocycles. The zero-order valence-corrected chi connectivity index (χ0v) is 9.57. The molecule has 0 bridgehead atoms. The van der Waals surface area contributed by atoms with Crippen molar-refractivity contribution >= 4 is 11.8 Å². The predicted molar refractivity (Wildman–Crippen MR) is 64.2 cm³/mol. The maximum atomic E-state index is 4.22. The van der Waals surface area contributed by atoms with Crippen molar-refractivity contribution in [3.63, 3.8) is 0 Å². The fourth-order valence-electron chi connectivity index (χ4n) is 1.75. The van der Waals surface area contributed by atoms with Crippen LogP contribution in [0.2, 0.25) is 0 Å². The molecule has 2 heterocycles. The maximum absolute atomic E-state index is 4.22. The van der Waals surface area contributed by atoms with Gasteiger partial charge in [-0.2, -0.15) is 0 Å². The van der Waals surface area contributed by atoms with Crippen molar-refractivity contribution < 1.29 is 0 Å². The van der Waals surface area contributed by atoms with E-state index in [9.17, 15) is 0 Å². The number of nitrogens with zero attached hydrogens (tertiary/aromatic N) is 3. The summed E-state index contributed by atoms with van der Waals surface area (Å²) in [7, 11) is 0. The molecule has 82 valence electrons. The van der Waals surface area contributed by atoms with E-state index in [4.69, 9.17) is 0 Å². The molecule has 4 nitrogen and oxygen atoms in total. The maximum Gasteiger partial charge on any atom is 0.210 e. The van der Waals surface area contributed by atoms with Crippen molar-refractivity contribution in [2.24, 2.45) is 0 Å². The van der Waals surface area contributed by atoms with E-state index in [2.05, 4.69) is 27.8 Å². The first-order valence-corrected chi connectivity index (χ1v) is 6.27. The molecule has 5 heteroatoms. The van der Waals surface area contributed by atoms with Crippen LogP contribution in [0.15, 0.2) is 35.5 Å². The Morgan fingerprint density at radius 1 is 1.25 bits per heavy atom. The van der Waals surface area contributed by atoms with Crippen LogP contribution in [-0.4, -0.2) is 27.2 Å². The van der Waals surface area contributed by atoms with Crippen LogP contribution in [0.5, 0.6) is 0 Å². The first kappa shape index (κ1) is 9.72. The third-order valence-electron chi connectivity index (χ3n) is 2.51. The summed E-state index contributed by atoms with van der Waals surface area (Å²) in [5, 5.41) is 9.36. The third kappa shape index (κ3) is 1.78. The minimum Gasteiger partial charge on any atom is -0.321 e. The van der Waals surface area contributed by atoms with Crippen LogP contribution >= 0.6 is 11.8 Å². The second-order valence-corrected chi connectivity index (χ2v) is 4.72. The fraction of sp³-hybridized carbons (Fsp3) is 0.273. The molecule has 0 fully saturated rings. The van der Waals surface area contributed by atoms with E-state index in [0.29, 0.717) is 0 Å². The summed E-state index contributed by atoms with van der Waals surface area (Å²) in [6, 6.07) is 10.3. The van der Waals surface area contributed by atoms with Crippen LogP contribution < -0.4 is 5.43 Å². The predicted octanol–water partition coefficient (Wildman–Crippen LogP) is 1.52. The smallest absolute Gasteiger partial charge is 0.210 e. The van der Waals surface area contributed by atoms with Gasteiger partial charge in [-0.15, -0.1) is 10.2 Å². The molecule has 1 aliphatic rings. The van der Waals surface area contributed by atoms with Crippen molar-refractivity contribution in [1.29, 1.82) is 0 Å². The second-order valence-electron chi connectivity index (χ2n) is 3.65. The van der Waals surface area contributed by atoms with Crippen LogP contribution in [0, 0.1) is 0 Å². The lowest BCUT2D eigenvalue weighted by molar-refractivity contribution is 0.719. The van der Waals surface area contributed by atoms with E-state index in [1.807, 2.05) is 22.9 Å². The molecule has 1 N–H and O–H groups in total. The topological polar surface area (TPSA) is 42.7 Å². The van der Waals surface area contributed by atoms with E-state index in [1.54, 1.807) is 11.8 Å². The molecule has 0 amide bonds. The normalized spacial score (nSPS) is 14.2. The van der Waals surface area contributed by atoms with E-state index < -0.39 is 0 Å². The van der Waals surface area contributed by atoms with E-state index in [1.165, 1.54) is 5.56 Å². The molecule has 0 spiro atoms. The lowest BCUT2D eigenvalue weighted by Gasteiger charge is -2.16. The fourth-order valence-corrected chi connectivity index (χ4v) is 2.52. The highest BCUT2D eigenvalue weighted by atomic mass is 32.2. The first-order chi connectivity index (χ1) is 7.93. The summed E-state index contributed by atoms with van der Waals surface area (Å²) in [4.78, 5) is 0. The zero-order chi connectivity index (χ0) is 10.8. The van der Waals surface area contributed by atoms with Gasteiger partial charge in [-0.3, -0.25) is 0 Å². The number of rotatable bonds is 2. The number of hydrogen-bond acceptors (Lipinski definition) is 4. The molecular formula is C11H12N4S. The van der Waals surface area contributed by atoms with Crippen molar-refractivity contribution in [2.75, 3.05) is 17.7 Å². The first-order valence-electron chi connectivity index (χ1n) is 5.28. The Bertz CT molecular complexity index is 480. The van der Waals surface area contributed by atoms with Gasteiger partial charge in [0.05, 0.1) is 0 Å². The van der Waals surface area contributed by atoms with Gasteiger partial charge in [0.2, 0.25) is 5.16 Å². The van der Waals surface area contributed by atoms with Crippen LogP contribution in [-0.2, 0) is 6.42 Å². The minimum atomic E-state index is 0.821. The average molecular weight is 232 g/mol. The number of hydrogen-bond donors (Lipinski definition) is 1. The summed E-state index contributed by atoms with van der Waals surface area (Å²) in [5.74, 6) is 2.04. The SMILES string of the molecule is c1ccc(Cc2nnc3n2NCCS3)cc1. The number of aromatic nitrogens is 3. The molecule has 3 rings (SSSR count). The van der Waals surface area contributed by atoms with Gasteiger partial charge in [0.25, 0.3) is 0 Å². The van der Waals surface area contributed by atoms with Crippen molar-refractivity contribution in [3.05, 3.63) is 41.7 Å². The highest BCUT2D eigenvalue weighted by molar-refractivity contribution is 7.99. The molecule has 0 radical (unpaired) electrons. The molecule has 1 aromatic heterocycles. The van der Waals surface area contributed by atoms with E-state index >= 15 is 0 Å². The Morgan fingerprint density at radius 3 is 3.00 bits per heavy atom. The Morgan fingerprint density at radius 2 is 2.12 bits per heavy atom. The average Bonchev–Trinajstić information content (AvgIpc) is 2.74. The number of benzene rings is 1. The van der Waals surface area contributed by atoms with Gasteiger partial charge in [0.15, 0.2) is 5.82 Å². The van der Waals surface area contributed by atoms with Gasteiger partial charge in [-0.1, -0.05) is 42.1 Å². The van der Waals surface area contributed by atoms with Crippen LogP contribution in [0.4, 0.5) is 0 Å². The molecule has 0 saturated heterocycles. The highest BCUT2D eigenvalue weighted by Crippen LogP contribution is 2.19. The second kappa shape index (κ2) is 4.17. The molecule has 16 heavy (non-hydrogen) atoms. The van der Waals surface area contributed by atoms with Gasteiger partial charge < -0.3 is 5.43 Å². The van der Waals surface area contributed by atoms with Crippen molar-refractivity contribution in [2.45, 2.75) is 11.6 Å². The lowest BCUT2D eigenvalue weighted by Crippen LogP contribution is -2.25. The summed E-state index contributed by atoms with van der Waals surface area (Å²) < 4.78 is 2.00. The quantitative estimate of drug-likeness (QED) is 0.852. The van der Waals surface area contributed by atoms with Gasteiger partial charge in [-0.25, -0.2) is 4.68 Å². The van der Waals surface area contributed by atoms with Gasteiger partial charge in [0, 0.05) is 18.7 Å². The summed E-state index contributed by atoms with van der Waals surface area (Å²) in [6.07, 6.45) is 0.821. The Kier molecular flexibility index (Phi) is 2.53. The molecule has 2 aromatic rings. The number of nitrogens with one attached hydrogen (secondary N) is 1. The molecule has 0 aliphatic carbocycles. The summed E-state index contributed by atoms with van der Waals surface area (Å²) >= 11 is 1.75. The largest absolute Gasteiger partial charge is 0.321 e. The monoisotopic (exact) mass is 232 g/mol. The zero-order valence-electron chi connectivity index (χ0n) is 8.76. The Hall–Kier alpha value is -1.49. The van der Waals surface area contributed by atoms with E-state index in [0.717, 1.165) is 29.7 Å². The molecular weight excluding hydrogens is 220 g/mol. The lowest BCUT2D eigenvalue weighted by atomic mass is 10.1. The standard InChI is InChI=1S/C11H12N4S/c1-2-4-9(5-3-1)8-10-13-14-11-15(10)12-6-7-16-11/h1-5,12H,6-8H2. The Labute approximate surface area is 98.0 Å². The van der Waals surface area contributed by atoms with Crippen LogP contribution in [0.1, 0.15) is 11.4 Å². The molecule has 1 aliphatic heterocycles.